The Labute approximate surface area is 149 Å². The van der Waals surface area contributed by atoms with Crippen LogP contribution in [0.3, 0.4) is 0 Å². The van der Waals surface area contributed by atoms with Crippen molar-refractivity contribution in [2.24, 2.45) is 5.92 Å². The minimum absolute atomic E-state index is 0.0660. The first kappa shape index (κ1) is 17.0. The first-order valence-corrected chi connectivity index (χ1v) is 9.76. The summed E-state index contributed by atoms with van der Waals surface area (Å²) in [5.74, 6) is 0.866. The Balaban J connectivity index is 1.32. The number of hydrogen-bond acceptors (Lipinski definition) is 5. The molecule has 4 rings (SSSR count). The van der Waals surface area contributed by atoms with Crippen LogP contribution in [0.2, 0.25) is 0 Å². The lowest BCUT2D eigenvalue weighted by molar-refractivity contribution is -0.146. The number of morpholine rings is 1. The third-order valence-corrected chi connectivity index (χ3v) is 6.09. The molecule has 0 bridgehead atoms. The monoisotopic (exact) mass is 347 g/mol. The van der Waals surface area contributed by atoms with E-state index in [1.807, 2.05) is 4.68 Å². The molecule has 3 fully saturated rings. The molecule has 1 atom stereocenters. The van der Waals surface area contributed by atoms with Crippen molar-refractivity contribution in [2.45, 2.75) is 57.2 Å². The molecule has 2 aliphatic heterocycles. The molecule has 0 aromatic carbocycles. The van der Waals surface area contributed by atoms with Gasteiger partial charge in [-0.25, -0.2) is 4.98 Å². The van der Waals surface area contributed by atoms with Crippen molar-refractivity contribution in [3.05, 3.63) is 12.7 Å². The second kappa shape index (κ2) is 7.83. The fourth-order valence-corrected chi connectivity index (χ4v) is 4.64. The van der Waals surface area contributed by atoms with Gasteiger partial charge >= 0.3 is 0 Å². The summed E-state index contributed by atoms with van der Waals surface area (Å²) in [6, 6.07) is 0.520. The van der Waals surface area contributed by atoms with Gasteiger partial charge in [0.05, 0.1) is 13.2 Å². The average Bonchev–Trinajstić information content (AvgIpc) is 3.36. The van der Waals surface area contributed by atoms with Gasteiger partial charge in [0.25, 0.3) is 0 Å². The van der Waals surface area contributed by atoms with Crippen molar-refractivity contribution in [1.82, 2.24) is 24.6 Å². The Kier molecular flexibility index (Phi) is 5.31. The van der Waals surface area contributed by atoms with E-state index < -0.39 is 0 Å². The highest BCUT2D eigenvalue weighted by molar-refractivity contribution is 5.82. The molecule has 25 heavy (non-hydrogen) atoms. The second-order valence-corrected chi connectivity index (χ2v) is 7.65. The van der Waals surface area contributed by atoms with E-state index >= 15 is 0 Å². The highest BCUT2D eigenvalue weighted by Gasteiger charge is 2.38. The van der Waals surface area contributed by atoms with Crippen LogP contribution in [0.4, 0.5) is 0 Å². The second-order valence-electron chi connectivity index (χ2n) is 7.65. The number of rotatable bonds is 4. The fraction of sp³-hybridized carbons (Fsp3) is 0.833. The van der Waals surface area contributed by atoms with Gasteiger partial charge in [-0.2, -0.15) is 5.10 Å². The first-order chi connectivity index (χ1) is 12.3. The Morgan fingerprint density at radius 1 is 1.12 bits per heavy atom. The minimum atomic E-state index is -0.0660. The maximum absolute atomic E-state index is 13.1. The van der Waals surface area contributed by atoms with Crippen LogP contribution in [0, 0.1) is 5.92 Å². The van der Waals surface area contributed by atoms with Crippen LogP contribution < -0.4 is 0 Å². The van der Waals surface area contributed by atoms with Crippen molar-refractivity contribution in [3.63, 3.8) is 0 Å². The number of carbonyl (C=O) groups excluding carboxylic acids is 1. The molecule has 0 radical (unpaired) electrons. The lowest BCUT2D eigenvalue weighted by Crippen LogP contribution is -2.58. The molecule has 138 valence electrons. The van der Waals surface area contributed by atoms with Crippen molar-refractivity contribution >= 4 is 5.91 Å². The summed E-state index contributed by atoms with van der Waals surface area (Å²) in [6.07, 6.45) is 10.5. The van der Waals surface area contributed by atoms with Gasteiger partial charge in [-0.3, -0.25) is 14.4 Å². The molecule has 3 aliphatic rings. The minimum Gasteiger partial charge on any atom is -0.378 e. The molecule has 3 heterocycles. The van der Waals surface area contributed by atoms with Gasteiger partial charge in [0.2, 0.25) is 5.91 Å². The zero-order valence-corrected chi connectivity index (χ0v) is 14.9. The molecule has 0 N–H and O–H groups in total. The highest BCUT2D eigenvalue weighted by Crippen LogP contribution is 2.28. The topological polar surface area (TPSA) is 63.5 Å². The highest BCUT2D eigenvalue weighted by atomic mass is 16.5. The van der Waals surface area contributed by atoms with Crippen molar-refractivity contribution < 1.29 is 9.53 Å². The quantitative estimate of drug-likeness (QED) is 0.818. The Morgan fingerprint density at radius 2 is 1.92 bits per heavy atom. The van der Waals surface area contributed by atoms with Gasteiger partial charge in [-0.05, 0) is 31.6 Å². The summed E-state index contributed by atoms with van der Waals surface area (Å²) in [6.45, 7) is 4.85. The van der Waals surface area contributed by atoms with E-state index in [4.69, 9.17) is 4.74 Å². The normalized spacial score (nSPS) is 27.0. The zero-order valence-electron chi connectivity index (χ0n) is 14.9. The smallest absolute Gasteiger partial charge is 0.242 e. The maximum Gasteiger partial charge on any atom is 0.242 e. The SMILES string of the molecule is O=C(C1COCCN1C1CCCC1)N1CCC(Cn2cncn2)CC1. The fourth-order valence-electron chi connectivity index (χ4n) is 4.64. The molecule has 1 aromatic heterocycles. The van der Waals surface area contributed by atoms with Gasteiger partial charge in [-0.1, -0.05) is 12.8 Å². The van der Waals surface area contributed by atoms with Crippen molar-refractivity contribution in [2.75, 3.05) is 32.8 Å². The summed E-state index contributed by atoms with van der Waals surface area (Å²) in [7, 11) is 0. The largest absolute Gasteiger partial charge is 0.378 e. The number of carbonyl (C=O) groups is 1. The summed E-state index contributed by atoms with van der Waals surface area (Å²) < 4.78 is 7.57. The van der Waals surface area contributed by atoms with E-state index in [1.54, 1.807) is 12.7 Å². The number of aromatic nitrogens is 3. The third-order valence-electron chi connectivity index (χ3n) is 6.09. The van der Waals surface area contributed by atoms with E-state index in [-0.39, 0.29) is 11.9 Å². The maximum atomic E-state index is 13.1. The van der Waals surface area contributed by atoms with Gasteiger partial charge in [0.1, 0.15) is 18.7 Å². The van der Waals surface area contributed by atoms with Gasteiger partial charge in [0, 0.05) is 32.2 Å². The Bertz CT molecular complexity index is 550. The number of amides is 1. The van der Waals surface area contributed by atoms with Crippen LogP contribution in [0.5, 0.6) is 0 Å². The molecular weight excluding hydrogens is 318 g/mol. The zero-order chi connectivity index (χ0) is 17.1. The van der Waals surface area contributed by atoms with Crippen LogP contribution >= 0.6 is 0 Å². The summed E-state index contributed by atoms with van der Waals surface area (Å²) >= 11 is 0. The van der Waals surface area contributed by atoms with Crippen LogP contribution in [-0.4, -0.2) is 75.4 Å². The number of hydrogen-bond donors (Lipinski definition) is 0. The van der Waals surface area contributed by atoms with Gasteiger partial charge < -0.3 is 9.64 Å². The first-order valence-electron chi connectivity index (χ1n) is 9.76. The Morgan fingerprint density at radius 3 is 2.64 bits per heavy atom. The van der Waals surface area contributed by atoms with Crippen LogP contribution in [0.1, 0.15) is 38.5 Å². The van der Waals surface area contributed by atoms with Crippen molar-refractivity contribution in [1.29, 1.82) is 0 Å². The third kappa shape index (κ3) is 3.87. The van der Waals surface area contributed by atoms with E-state index in [2.05, 4.69) is 19.9 Å². The molecular formula is C18H29N5O2. The molecule has 1 saturated carbocycles. The van der Waals surface area contributed by atoms with Gasteiger partial charge in [0.15, 0.2) is 0 Å². The molecule has 2 saturated heterocycles. The molecule has 1 amide bonds. The number of nitrogens with zero attached hydrogens (tertiary/aromatic N) is 5. The molecule has 1 aromatic rings. The Hall–Kier alpha value is -1.47. The molecule has 1 unspecified atom stereocenters. The van der Waals surface area contributed by atoms with Crippen LogP contribution in [-0.2, 0) is 16.1 Å². The van der Waals surface area contributed by atoms with E-state index in [9.17, 15) is 4.79 Å². The summed E-state index contributed by atoms with van der Waals surface area (Å²) in [5.41, 5.74) is 0. The summed E-state index contributed by atoms with van der Waals surface area (Å²) in [5, 5.41) is 4.19. The lowest BCUT2D eigenvalue weighted by Gasteiger charge is -2.42. The molecule has 7 nitrogen and oxygen atoms in total. The number of likely N-dealkylation sites (tertiary alicyclic amines) is 1. The van der Waals surface area contributed by atoms with Crippen molar-refractivity contribution in [3.8, 4) is 0 Å². The lowest BCUT2D eigenvalue weighted by atomic mass is 9.96. The summed E-state index contributed by atoms with van der Waals surface area (Å²) in [4.78, 5) is 21.6. The standard InChI is InChI=1S/C18H29N5O2/c24-18(17-12-25-10-9-23(17)16-3-1-2-4-16)21-7-5-15(6-8-21)11-22-14-19-13-20-22/h13-17H,1-12H2. The predicted molar refractivity (Wildman–Crippen MR) is 92.9 cm³/mol. The molecule has 1 aliphatic carbocycles. The number of ether oxygens (including phenoxy) is 1. The van der Waals surface area contributed by atoms with Crippen LogP contribution in [0.15, 0.2) is 12.7 Å². The predicted octanol–water partition coefficient (Wildman–Crippen LogP) is 1.16. The van der Waals surface area contributed by atoms with E-state index in [1.165, 1.54) is 25.7 Å². The van der Waals surface area contributed by atoms with Gasteiger partial charge in [-0.15, -0.1) is 0 Å². The van der Waals surface area contributed by atoms with E-state index in [0.29, 0.717) is 18.6 Å². The average molecular weight is 347 g/mol. The molecule has 0 spiro atoms. The molecule has 7 heteroatoms. The van der Waals surface area contributed by atoms with Crippen LogP contribution in [0.25, 0.3) is 0 Å². The number of piperidine rings is 1. The van der Waals surface area contributed by atoms with E-state index in [0.717, 1.165) is 45.6 Å².